The van der Waals surface area contributed by atoms with E-state index in [0.717, 1.165) is 18.9 Å². The van der Waals surface area contributed by atoms with Gasteiger partial charge in [-0.3, -0.25) is 9.48 Å². The predicted molar refractivity (Wildman–Crippen MR) is 90.4 cm³/mol. The first-order valence-electron chi connectivity index (χ1n) is 9.69. The summed E-state index contributed by atoms with van der Waals surface area (Å²) in [6.45, 7) is 0.927. The zero-order valence-electron chi connectivity index (χ0n) is 14.1. The van der Waals surface area contributed by atoms with Crippen molar-refractivity contribution >= 4 is 5.91 Å². The highest BCUT2D eigenvalue weighted by Crippen LogP contribution is 2.35. The Kier molecular flexibility index (Phi) is 4.41. The van der Waals surface area contributed by atoms with E-state index in [4.69, 9.17) is 0 Å². The number of carbonyl (C=O) groups is 1. The van der Waals surface area contributed by atoms with Crippen molar-refractivity contribution in [1.29, 1.82) is 0 Å². The summed E-state index contributed by atoms with van der Waals surface area (Å²) in [5.41, 5.74) is 0.670. The molecular weight excluding hydrogens is 286 g/mol. The van der Waals surface area contributed by atoms with Gasteiger partial charge < -0.3 is 4.90 Å². The van der Waals surface area contributed by atoms with Crippen LogP contribution in [-0.4, -0.2) is 33.2 Å². The molecule has 0 spiro atoms. The van der Waals surface area contributed by atoms with Crippen LogP contribution in [0.2, 0.25) is 0 Å². The average molecular weight is 315 g/mol. The van der Waals surface area contributed by atoms with Gasteiger partial charge >= 0.3 is 0 Å². The molecule has 0 unspecified atom stereocenters. The first kappa shape index (κ1) is 15.2. The molecule has 1 amide bonds. The zero-order chi connectivity index (χ0) is 15.6. The third-order valence-corrected chi connectivity index (χ3v) is 6.28. The molecule has 1 aromatic heterocycles. The summed E-state index contributed by atoms with van der Waals surface area (Å²) in [6, 6.07) is 2.93. The summed E-state index contributed by atoms with van der Waals surface area (Å²) in [7, 11) is 0. The van der Waals surface area contributed by atoms with Crippen molar-refractivity contribution in [3.8, 4) is 0 Å². The molecule has 2 atom stereocenters. The van der Waals surface area contributed by atoms with Crippen LogP contribution in [0, 0.1) is 5.92 Å². The number of hydrogen-bond donors (Lipinski definition) is 0. The minimum atomic E-state index is 0.181. The number of likely N-dealkylation sites (tertiary alicyclic amines) is 1. The molecule has 2 saturated carbocycles. The Morgan fingerprint density at radius 1 is 0.957 bits per heavy atom. The second-order valence-electron chi connectivity index (χ2n) is 7.73. The average Bonchev–Trinajstić information content (AvgIpc) is 3.22. The van der Waals surface area contributed by atoms with Crippen LogP contribution in [0.4, 0.5) is 0 Å². The maximum absolute atomic E-state index is 13.1. The van der Waals surface area contributed by atoms with Gasteiger partial charge in [0.15, 0.2) is 0 Å². The molecule has 3 aliphatic rings. The highest BCUT2D eigenvalue weighted by Gasteiger charge is 2.35. The third-order valence-electron chi connectivity index (χ3n) is 6.28. The third kappa shape index (κ3) is 3.05. The summed E-state index contributed by atoms with van der Waals surface area (Å²) in [5.74, 6) is 0.910. The van der Waals surface area contributed by atoms with Crippen molar-refractivity contribution in [1.82, 2.24) is 14.7 Å². The van der Waals surface area contributed by atoms with Crippen LogP contribution in [0.3, 0.4) is 0 Å². The Balaban J connectivity index is 1.52. The summed E-state index contributed by atoms with van der Waals surface area (Å²) >= 11 is 0. The molecule has 0 radical (unpaired) electrons. The Hall–Kier alpha value is -1.32. The summed E-state index contributed by atoms with van der Waals surface area (Å²) < 4.78 is 2.05. The smallest absolute Gasteiger partial charge is 0.274 e. The first-order valence-corrected chi connectivity index (χ1v) is 9.69. The topological polar surface area (TPSA) is 38.1 Å². The van der Waals surface area contributed by atoms with Crippen molar-refractivity contribution in [2.45, 2.75) is 82.7 Å². The molecule has 23 heavy (non-hydrogen) atoms. The number of fused-ring (bicyclic) bond motifs is 1. The molecule has 4 heteroatoms. The molecule has 0 N–H and O–H groups in total. The van der Waals surface area contributed by atoms with Crippen LogP contribution >= 0.6 is 0 Å². The minimum absolute atomic E-state index is 0.181. The lowest BCUT2D eigenvalue weighted by atomic mass is 9.81. The Labute approximate surface area is 139 Å². The summed E-state index contributed by atoms with van der Waals surface area (Å²) in [5, 5.41) is 4.66. The molecule has 126 valence electrons. The number of rotatable bonds is 2. The van der Waals surface area contributed by atoms with E-state index in [1.54, 1.807) is 0 Å². The summed E-state index contributed by atoms with van der Waals surface area (Å²) in [4.78, 5) is 15.3. The lowest BCUT2D eigenvalue weighted by Crippen LogP contribution is -2.45. The fraction of sp³-hybridized carbons (Fsp3) is 0.789. The van der Waals surface area contributed by atoms with Crippen LogP contribution < -0.4 is 0 Å². The minimum Gasteiger partial charge on any atom is -0.334 e. The first-order chi connectivity index (χ1) is 11.3. The van der Waals surface area contributed by atoms with Gasteiger partial charge in [0, 0.05) is 18.8 Å². The van der Waals surface area contributed by atoms with E-state index in [0.29, 0.717) is 17.8 Å². The van der Waals surface area contributed by atoms with Crippen LogP contribution in [0.15, 0.2) is 12.3 Å². The number of amides is 1. The van der Waals surface area contributed by atoms with Gasteiger partial charge in [0.1, 0.15) is 5.69 Å². The molecule has 1 saturated heterocycles. The molecular formula is C19H29N3O. The second kappa shape index (κ2) is 6.66. The van der Waals surface area contributed by atoms with Crippen LogP contribution in [-0.2, 0) is 0 Å². The fourth-order valence-corrected chi connectivity index (χ4v) is 5.01. The lowest BCUT2D eigenvalue weighted by molar-refractivity contribution is 0.0562. The number of nitrogens with zero attached hydrogens (tertiary/aromatic N) is 3. The lowest BCUT2D eigenvalue weighted by Gasteiger charge is -2.38. The summed E-state index contributed by atoms with van der Waals surface area (Å²) in [6.07, 6.45) is 15.9. The molecule has 1 aliphatic heterocycles. The fourth-order valence-electron chi connectivity index (χ4n) is 5.01. The van der Waals surface area contributed by atoms with Gasteiger partial charge in [-0.05, 0) is 50.5 Å². The Morgan fingerprint density at radius 3 is 2.48 bits per heavy atom. The van der Waals surface area contributed by atoms with E-state index >= 15 is 0 Å². The van der Waals surface area contributed by atoms with Crippen molar-refractivity contribution in [3.63, 3.8) is 0 Å². The van der Waals surface area contributed by atoms with Crippen molar-refractivity contribution in [2.24, 2.45) is 5.92 Å². The highest BCUT2D eigenvalue weighted by atomic mass is 16.2. The highest BCUT2D eigenvalue weighted by molar-refractivity contribution is 5.92. The van der Waals surface area contributed by atoms with Gasteiger partial charge in [0.05, 0.1) is 6.04 Å². The van der Waals surface area contributed by atoms with Gasteiger partial charge in [-0.15, -0.1) is 0 Å². The maximum Gasteiger partial charge on any atom is 0.274 e. The van der Waals surface area contributed by atoms with Gasteiger partial charge in [-0.2, -0.15) is 5.10 Å². The standard InChI is InChI=1S/C19H29N3O/c23-19(17-12-14-22(20-17)16-9-2-3-10-16)21-13-6-5-8-15-7-1-4-11-18(15)21/h12,14-16,18H,1-11,13H2/t15-,18+/m1/s1. The largest absolute Gasteiger partial charge is 0.334 e. The van der Waals surface area contributed by atoms with E-state index in [1.807, 2.05) is 12.3 Å². The molecule has 4 rings (SSSR count). The Morgan fingerprint density at radius 2 is 1.65 bits per heavy atom. The molecule has 2 aliphatic carbocycles. The second-order valence-corrected chi connectivity index (χ2v) is 7.73. The van der Waals surface area contributed by atoms with Gasteiger partial charge in [-0.1, -0.05) is 32.1 Å². The number of hydrogen-bond acceptors (Lipinski definition) is 2. The van der Waals surface area contributed by atoms with E-state index in [-0.39, 0.29) is 5.91 Å². The number of aromatic nitrogens is 2. The predicted octanol–water partition coefficient (Wildman–Crippen LogP) is 4.18. The SMILES string of the molecule is O=C(c1ccn(C2CCCC2)n1)N1CCCC[C@H]2CCCC[C@@H]21. The monoisotopic (exact) mass is 315 g/mol. The van der Waals surface area contributed by atoms with E-state index < -0.39 is 0 Å². The van der Waals surface area contributed by atoms with Crippen LogP contribution in [0.25, 0.3) is 0 Å². The van der Waals surface area contributed by atoms with Crippen LogP contribution in [0.1, 0.15) is 87.2 Å². The molecule has 1 aromatic rings. The van der Waals surface area contributed by atoms with Gasteiger partial charge in [-0.25, -0.2) is 0 Å². The maximum atomic E-state index is 13.1. The van der Waals surface area contributed by atoms with Crippen molar-refractivity contribution < 1.29 is 4.79 Å². The molecule has 0 bridgehead atoms. The molecule has 4 nitrogen and oxygen atoms in total. The van der Waals surface area contributed by atoms with Crippen molar-refractivity contribution in [3.05, 3.63) is 18.0 Å². The van der Waals surface area contributed by atoms with E-state index in [1.165, 1.54) is 64.2 Å². The van der Waals surface area contributed by atoms with E-state index in [9.17, 15) is 4.79 Å². The Bertz CT molecular complexity index is 547. The van der Waals surface area contributed by atoms with Gasteiger partial charge in [0.2, 0.25) is 0 Å². The van der Waals surface area contributed by atoms with Crippen LogP contribution in [0.5, 0.6) is 0 Å². The molecule has 3 fully saturated rings. The van der Waals surface area contributed by atoms with Gasteiger partial charge in [0.25, 0.3) is 5.91 Å². The molecule has 2 heterocycles. The van der Waals surface area contributed by atoms with E-state index in [2.05, 4.69) is 14.7 Å². The molecule has 0 aromatic carbocycles. The van der Waals surface area contributed by atoms with Crippen molar-refractivity contribution in [2.75, 3.05) is 6.54 Å². The quantitative estimate of drug-likeness (QED) is 0.821. The zero-order valence-corrected chi connectivity index (χ0v) is 14.1. The normalized spacial score (nSPS) is 29.3. The number of carbonyl (C=O) groups excluding carboxylic acids is 1.